The van der Waals surface area contributed by atoms with Crippen LogP contribution < -0.4 is 5.32 Å². The van der Waals surface area contributed by atoms with Crippen LogP contribution in [0.25, 0.3) is 0 Å². The number of hydrogen-bond acceptors (Lipinski definition) is 3. The quantitative estimate of drug-likeness (QED) is 0.656. The lowest BCUT2D eigenvalue weighted by molar-refractivity contribution is 0.143. The summed E-state index contributed by atoms with van der Waals surface area (Å²) in [6, 6.07) is 0. The first-order valence-corrected chi connectivity index (χ1v) is 8.07. The molecule has 0 aliphatic carbocycles. The molecule has 1 aromatic heterocycles. The van der Waals surface area contributed by atoms with E-state index in [1.165, 1.54) is 5.82 Å². The van der Waals surface area contributed by atoms with Crippen molar-refractivity contribution < 1.29 is 5.11 Å². The maximum absolute atomic E-state index is 9.72. The van der Waals surface area contributed by atoms with Crippen LogP contribution in [0.15, 0.2) is 12.4 Å². The van der Waals surface area contributed by atoms with Crippen molar-refractivity contribution in [1.82, 2.24) is 14.9 Å². The van der Waals surface area contributed by atoms with Crippen molar-refractivity contribution in [3.8, 4) is 0 Å². The average Bonchev–Trinajstić information content (AvgIpc) is 2.91. The minimum Gasteiger partial charge on any atom is -0.394 e. The molecule has 0 aliphatic heterocycles. The minimum atomic E-state index is -0.110. The van der Waals surface area contributed by atoms with Gasteiger partial charge in [-0.2, -0.15) is 0 Å². The second-order valence-electron chi connectivity index (χ2n) is 5.61. The Hall–Kier alpha value is -0.870. The third-order valence-corrected chi connectivity index (χ3v) is 4.06. The van der Waals surface area contributed by atoms with Crippen LogP contribution in [0, 0.1) is 0 Å². The SMILES string of the molecule is CCCNC(CC)(CO)CCCn1ccnc1CCC. The van der Waals surface area contributed by atoms with E-state index in [-0.39, 0.29) is 12.1 Å². The maximum atomic E-state index is 9.72. The van der Waals surface area contributed by atoms with Gasteiger partial charge in [0.15, 0.2) is 0 Å². The molecule has 1 heterocycles. The molecule has 0 saturated carbocycles. The summed E-state index contributed by atoms with van der Waals surface area (Å²) in [5.74, 6) is 1.18. The van der Waals surface area contributed by atoms with Crippen molar-refractivity contribution in [3.05, 3.63) is 18.2 Å². The molecule has 0 aromatic carbocycles. The Morgan fingerprint density at radius 2 is 2.10 bits per heavy atom. The van der Waals surface area contributed by atoms with Crippen molar-refractivity contribution >= 4 is 0 Å². The Morgan fingerprint density at radius 1 is 1.30 bits per heavy atom. The predicted molar refractivity (Wildman–Crippen MR) is 83.9 cm³/mol. The number of nitrogens with one attached hydrogen (secondary N) is 1. The summed E-state index contributed by atoms with van der Waals surface area (Å²) in [5, 5.41) is 13.2. The van der Waals surface area contributed by atoms with Crippen molar-refractivity contribution in [2.24, 2.45) is 0 Å². The zero-order chi connectivity index (χ0) is 14.8. The fourth-order valence-electron chi connectivity index (χ4n) is 2.61. The van der Waals surface area contributed by atoms with Gasteiger partial charge in [0.25, 0.3) is 0 Å². The molecule has 0 bridgehead atoms. The van der Waals surface area contributed by atoms with Crippen LogP contribution in [0.3, 0.4) is 0 Å². The summed E-state index contributed by atoms with van der Waals surface area (Å²) in [4.78, 5) is 4.41. The highest BCUT2D eigenvalue weighted by Gasteiger charge is 2.25. The van der Waals surface area contributed by atoms with Gasteiger partial charge in [-0.25, -0.2) is 4.98 Å². The van der Waals surface area contributed by atoms with E-state index in [4.69, 9.17) is 0 Å². The van der Waals surface area contributed by atoms with Gasteiger partial charge < -0.3 is 15.0 Å². The molecule has 1 atom stereocenters. The number of aromatic nitrogens is 2. The smallest absolute Gasteiger partial charge is 0.108 e. The van der Waals surface area contributed by atoms with Gasteiger partial charge in [0.1, 0.15) is 5.82 Å². The van der Waals surface area contributed by atoms with E-state index in [1.807, 2.05) is 6.20 Å². The minimum absolute atomic E-state index is 0.110. The summed E-state index contributed by atoms with van der Waals surface area (Å²) in [6.07, 6.45) is 10.3. The normalized spacial score (nSPS) is 14.4. The van der Waals surface area contributed by atoms with Gasteiger partial charge in [-0.1, -0.05) is 20.8 Å². The topological polar surface area (TPSA) is 50.1 Å². The molecule has 1 unspecified atom stereocenters. The average molecular weight is 281 g/mol. The molecular formula is C16H31N3O. The molecule has 1 aromatic rings. The van der Waals surface area contributed by atoms with E-state index in [2.05, 4.69) is 41.8 Å². The molecule has 116 valence electrons. The molecule has 4 heteroatoms. The van der Waals surface area contributed by atoms with E-state index >= 15 is 0 Å². The number of nitrogens with zero attached hydrogens (tertiary/aromatic N) is 2. The Bertz CT molecular complexity index is 358. The highest BCUT2D eigenvalue weighted by atomic mass is 16.3. The highest BCUT2D eigenvalue weighted by molar-refractivity contribution is 4.93. The van der Waals surface area contributed by atoms with E-state index < -0.39 is 0 Å². The van der Waals surface area contributed by atoms with Gasteiger partial charge in [0, 0.05) is 30.9 Å². The Labute approximate surface area is 123 Å². The van der Waals surface area contributed by atoms with Crippen LogP contribution in [-0.4, -0.2) is 33.3 Å². The summed E-state index contributed by atoms with van der Waals surface area (Å²) in [5.41, 5.74) is -0.110. The second-order valence-corrected chi connectivity index (χ2v) is 5.61. The van der Waals surface area contributed by atoms with Gasteiger partial charge >= 0.3 is 0 Å². The molecule has 0 saturated heterocycles. The first kappa shape index (κ1) is 17.2. The Balaban J connectivity index is 2.49. The summed E-state index contributed by atoms with van der Waals surface area (Å²) in [7, 11) is 0. The lowest BCUT2D eigenvalue weighted by Gasteiger charge is -2.32. The maximum Gasteiger partial charge on any atom is 0.108 e. The molecule has 0 spiro atoms. The Kier molecular flexibility index (Phi) is 7.85. The second kappa shape index (κ2) is 9.14. The zero-order valence-corrected chi connectivity index (χ0v) is 13.4. The first-order chi connectivity index (χ1) is 9.71. The first-order valence-electron chi connectivity index (χ1n) is 8.07. The number of aliphatic hydroxyl groups is 1. The van der Waals surface area contributed by atoms with Crippen molar-refractivity contribution in [1.29, 1.82) is 0 Å². The molecule has 20 heavy (non-hydrogen) atoms. The predicted octanol–water partition coefficient (Wildman–Crippen LogP) is 2.76. The largest absolute Gasteiger partial charge is 0.394 e. The van der Waals surface area contributed by atoms with Crippen LogP contribution >= 0.6 is 0 Å². The number of rotatable bonds is 11. The van der Waals surface area contributed by atoms with E-state index in [1.54, 1.807) is 0 Å². The fraction of sp³-hybridized carbons (Fsp3) is 0.812. The van der Waals surface area contributed by atoms with Crippen molar-refractivity contribution in [2.45, 2.75) is 71.4 Å². The van der Waals surface area contributed by atoms with Crippen molar-refractivity contribution in [3.63, 3.8) is 0 Å². The van der Waals surface area contributed by atoms with E-state index in [0.29, 0.717) is 0 Å². The monoisotopic (exact) mass is 281 g/mol. The molecule has 4 nitrogen and oxygen atoms in total. The van der Waals surface area contributed by atoms with Gasteiger partial charge in [-0.15, -0.1) is 0 Å². The number of hydrogen-bond donors (Lipinski definition) is 2. The van der Waals surface area contributed by atoms with Gasteiger partial charge in [0.2, 0.25) is 0 Å². The molecule has 2 N–H and O–H groups in total. The van der Waals surface area contributed by atoms with Crippen LogP contribution in [0.4, 0.5) is 0 Å². The zero-order valence-electron chi connectivity index (χ0n) is 13.4. The standard InChI is InChI=1S/C16H31N3O/c1-4-8-15-17-11-13-19(15)12-7-9-16(6-3,14-20)18-10-5-2/h11,13,18,20H,4-10,12,14H2,1-3H3. The van der Waals surface area contributed by atoms with Gasteiger partial charge in [-0.05, 0) is 38.6 Å². The summed E-state index contributed by atoms with van der Waals surface area (Å²) >= 11 is 0. The molecule has 1 rings (SSSR count). The molecule has 0 amide bonds. The van der Waals surface area contributed by atoms with Crippen LogP contribution in [0.1, 0.15) is 58.7 Å². The van der Waals surface area contributed by atoms with Gasteiger partial charge in [-0.3, -0.25) is 0 Å². The number of imidazole rings is 1. The van der Waals surface area contributed by atoms with Gasteiger partial charge in [0.05, 0.1) is 6.61 Å². The van der Waals surface area contributed by atoms with Crippen molar-refractivity contribution in [2.75, 3.05) is 13.2 Å². The molecule has 0 fully saturated rings. The van der Waals surface area contributed by atoms with Crippen LogP contribution in [0.5, 0.6) is 0 Å². The third kappa shape index (κ3) is 4.91. The number of aryl methyl sites for hydroxylation is 2. The Morgan fingerprint density at radius 3 is 2.70 bits per heavy atom. The van der Waals surface area contributed by atoms with Crippen LogP contribution in [0.2, 0.25) is 0 Å². The highest BCUT2D eigenvalue weighted by Crippen LogP contribution is 2.18. The lowest BCUT2D eigenvalue weighted by Crippen LogP contribution is -2.48. The summed E-state index contributed by atoms with van der Waals surface area (Å²) < 4.78 is 2.25. The molecule has 0 aliphatic rings. The van der Waals surface area contributed by atoms with Crippen LogP contribution in [-0.2, 0) is 13.0 Å². The van der Waals surface area contributed by atoms with E-state index in [9.17, 15) is 5.11 Å². The molecule has 0 radical (unpaired) electrons. The van der Waals surface area contributed by atoms with E-state index in [0.717, 1.165) is 51.6 Å². The fourth-order valence-corrected chi connectivity index (χ4v) is 2.61. The lowest BCUT2D eigenvalue weighted by atomic mass is 9.91. The summed E-state index contributed by atoms with van der Waals surface area (Å²) in [6.45, 7) is 8.67. The number of aliphatic hydroxyl groups excluding tert-OH is 1. The third-order valence-electron chi connectivity index (χ3n) is 4.06. The molecular weight excluding hydrogens is 250 g/mol.